The Morgan fingerprint density at radius 3 is 1.82 bits per heavy atom. The second-order valence-electron chi connectivity index (χ2n) is 6.01. The standard InChI is InChI=1S/C22H18N2O4/c1-23-20(25)14-10-12-15(13-11-14)24-21(26)18-8-4-2-6-16(18)17-7-3-5-9-19(17)22(27)28/h2-13H,1H3,(H,23,25)(H,24,26)(H,27,28). The summed E-state index contributed by atoms with van der Waals surface area (Å²) in [7, 11) is 1.55. The molecule has 0 aliphatic rings. The largest absolute Gasteiger partial charge is 0.478 e. The number of rotatable bonds is 5. The maximum atomic E-state index is 12.8. The van der Waals surface area contributed by atoms with Gasteiger partial charge in [-0.25, -0.2) is 4.79 Å². The van der Waals surface area contributed by atoms with E-state index in [0.29, 0.717) is 27.9 Å². The second kappa shape index (κ2) is 8.18. The monoisotopic (exact) mass is 374 g/mol. The van der Waals surface area contributed by atoms with E-state index in [1.54, 1.807) is 73.8 Å². The number of hydrogen-bond donors (Lipinski definition) is 3. The fraction of sp³-hybridized carbons (Fsp3) is 0.0455. The maximum absolute atomic E-state index is 12.8. The molecular formula is C22H18N2O4. The highest BCUT2D eigenvalue weighted by molar-refractivity contribution is 6.10. The molecule has 3 N–H and O–H groups in total. The first-order chi connectivity index (χ1) is 13.5. The van der Waals surface area contributed by atoms with E-state index in [9.17, 15) is 19.5 Å². The van der Waals surface area contributed by atoms with Crippen LogP contribution in [0.1, 0.15) is 31.1 Å². The van der Waals surface area contributed by atoms with Gasteiger partial charge < -0.3 is 15.7 Å². The Kier molecular flexibility index (Phi) is 5.50. The van der Waals surface area contributed by atoms with Crippen molar-refractivity contribution in [2.75, 3.05) is 12.4 Å². The van der Waals surface area contributed by atoms with Crippen molar-refractivity contribution in [1.29, 1.82) is 0 Å². The van der Waals surface area contributed by atoms with Crippen LogP contribution in [0.3, 0.4) is 0 Å². The molecule has 6 heteroatoms. The minimum Gasteiger partial charge on any atom is -0.478 e. The summed E-state index contributed by atoms with van der Waals surface area (Å²) in [5.74, 6) is -1.65. The number of nitrogens with one attached hydrogen (secondary N) is 2. The third-order valence-corrected chi connectivity index (χ3v) is 4.25. The fourth-order valence-corrected chi connectivity index (χ4v) is 2.87. The van der Waals surface area contributed by atoms with Crippen molar-refractivity contribution in [1.82, 2.24) is 5.32 Å². The predicted molar refractivity (Wildman–Crippen MR) is 107 cm³/mol. The Morgan fingerprint density at radius 1 is 0.714 bits per heavy atom. The number of carbonyl (C=O) groups excluding carboxylic acids is 2. The van der Waals surface area contributed by atoms with Gasteiger partial charge in [-0.3, -0.25) is 9.59 Å². The van der Waals surface area contributed by atoms with Gasteiger partial charge in [-0.05, 0) is 47.5 Å². The zero-order chi connectivity index (χ0) is 20.1. The van der Waals surface area contributed by atoms with E-state index in [1.807, 2.05) is 0 Å². The molecule has 0 spiro atoms. The van der Waals surface area contributed by atoms with Gasteiger partial charge in [0, 0.05) is 23.9 Å². The number of carboxylic acids is 1. The van der Waals surface area contributed by atoms with Crippen LogP contribution < -0.4 is 10.6 Å². The Balaban J connectivity index is 1.92. The van der Waals surface area contributed by atoms with Gasteiger partial charge in [0.05, 0.1) is 5.56 Å². The lowest BCUT2D eigenvalue weighted by Gasteiger charge is -2.12. The smallest absolute Gasteiger partial charge is 0.336 e. The molecule has 3 rings (SSSR count). The van der Waals surface area contributed by atoms with Gasteiger partial charge in [-0.2, -0.15) is 0 Å². The molecule has 0 bridgehead atoms. The van der Waals surface area contributed by atoms with Crippen LogP contribution in [-0.2, 0) is 0 Å². The van der Waals surface area contributed by atoms with Crippen molar-refractivity contribution in [3.63, 3.8) is 0 Å². The van der Waals surface area contributed by atoms with Crippen molar-refractivity contribution in [3.05, 3.63) is 89.5 Å². The molecule has 0 fully saturated rings. The number of carbonyl (C=O) groups is 3. The summed E-state index contributed by atoms with van der Waals surface area (Å²) in [5, 5.41) is 14.8. The lowest BCUT2D eigenvalue weighted by atomic mass is 9.95. The number of amides is 2. The molecule has 140 valence electrons. The molecule has 0 unspecified atom stereocenters. The van der Waals surface area contributed by atoms with E-state index in [0.717, 1.165) is 0 Å². The Morgan fingerprint density at radius 2 is 1.25 bits per heavy atom. The van der Waals surface area contributed by atoms with Crippen molar-refractivity contribution in [3.8, 4) is 11.1 Å². The number of benzene rings is 3. The molecule has 3 aromatic rings. The van der Waals surface area contributed by atoms with E-state index < -0.39 is 5.97 Å². The van der Waals surface area contributed by atoms with Crippen LogP contribution in [0.2, 0.25) is 0 Å². The summed E-state index contributed by atoms with van der Waals surface area (Å²) < 4.78 is 0. The lowest BCUT2D eigenvalue weighted by molar-refractivity contribution is 0.0697. The number of anilines is 1. The summed E-state index contributed by atoms with van der Waals surface area (Å²) in [6, 6.07) is 19.9. The Hall–Kier alpha value is -3.93. The molecule has 3 aromatic carbocycles. The number of aromatic carboxylic acids is 1. The lowest BCUT2D eigenvalue weighted by Crippen LogP contribution is -2.18. The van der Waals surface area contributed by atoms with E-state index in [4.69, 9.17) is 0 Å². The summed E-state index contributed by atoms with van der Waals surface area (Å²) in [6.07, 6.45) is 0. The SMILES string of the molecule is CNC(=O)c1ccc(NC(=O)c2ccccc2-c2ccccc2C(=O)O)cc1. The molecule has 6 nitrogen and oxygen atoms in total. The predicted octanol–water partition coefficient (Wildman–Crippen LogP) is 3.66. The van der Waals surface area contributed by atoms with Crippen LogP contribution in [0.15, 0.2) is 72.8 Å². The number of hydrogen-bond acceptors (Lipinski definition) is 3. The molecule has 2 amide bonds. The van der Waals surface area contributed by atoms with Crippen molar-refractivity contribution >= 4 is 23.5 Å². The minimum absolute atomic E-state index is 0.123. The zero-order valence-corrected chi connectivity index (χ0v) is 15.1. The molecule has 0 atom stereocenters. The molecule has 0 saturated carbocycles. The summed E-state index contributed by atoms with van der Waals surface area (Å²) in [5.41, 5.74) is 2.48. The first kappa shape index (κ1) is 18.8. The summed E-state index contributed by atoms with van der Waals surface area (Å²) in [4.78, 5) is 36.0. The normalized spacial score (nSPS) is 10.2. The highest BCUT2D eigenvalue weighted by atomic mass is 16.4. The summed E-state index contributed by atoms with van der Waals surface area (Å²) in [6.45, 7) is 0. The molecule has 0 aliphatic carbocycles. The highest BCUT2D eigenvalue weighted by Gasteiger charge is 2.17. The third kappa shape index (κ3) is 3.91. The van der Waals surface area contributed by atoms with Gasteiger partial charge in [0.15, 0.2) is 0 Å². The van der Waals surface area contributed by atoms with Crippen LogP contribution in [0, 0.1) is 0 Å². The maximum Gasteiger partial charge on any atom is 0.336 e. The topological polar surface area (TPSA) is 95.5 Å². The van der Waals surface area contributed by atoms with Crippen molar-refractivity contribution in [2.24, 2.45) is 0 Å². The van der Waals surface area contributed by atoms with Gasteiger partial charge in [-0.1, -0.05) is 36.4 Å². The fourth-order valence-electron chi connectivity index (χ4n) is 2.87. The van der Waals surface area contributed by atoms with Gasteiger partial charge >= 0.3 is 5.97 Å². The second-order valence-corrected chi connectivity index (χ2v) is 6.01. The summed E-state index contributed by atoms with van der Waals surface area (Å²) >= 11 is 0. The van der Waals surface area contributed by atoms with E-state index >= 15 is 0 Å². The zero-order valence-electron chi connectivity index (χ0n) is 15.1. The number of carboxylic acid groups (broad SMARTS) is 1. The Labute approximate surface area is 161 Å². The molecule has 0 aromatic heterocycles. The average molecular weight is 374 g/mol. The highest BCUT2D eigenvalue weighted by Crippen LogP contribution is 2.28. The molecule has 0 saturated heterocycles. The molecule has 0 aliphatic heterocycles. The van der Waals surface area contributed by atoms with Crippen LogP contribution >= 0.6 is 0 Å². The van der Waals surface area contributed by atoms with Gasteiger partial charge in [0.1, 0.15) is 0 Å². The molecular weight excluding hydrogens is 356 g/mol. The van der Waals surface area contributed by atoms with Gasteiger partial charge in [0.2, 0.25) is 0 Å². The van der Waals surface area contributed by atoms with Crippen LogP contribution in [0.5, 0.6) is 0 Å². The minimum atomic E-state index is -1.06. The third-order valence-electron chi connectivity index (χ3n) is 4.25. The van der Waals surface area contributed by atoms with Gasteiger partial charge in [-0.15, -0.1) is 0 Å². The Bertz CT molecular complexity index is 1040. The van der Waals surface area contributed by atoms with Crippen molar-refractivity contribution < 1.29 is 19.5 Å². The molecule has 0 radical (unpaired) electrons. The van der Waals surface area contributed by atoms with Crippen LogP contribution in [0.4, 0.5) is 5.69 Å². The van der Waals surface area contributed by atoms with Crippen molar-refractivity contribution in [2.45, 2.75) is 0 Å². The first-order valence-corrected chi connectivity index (χ1v) is 8.56. The van der Waals surface area contributed by atoms with E-state index in [-0.39, 0.29) is 17.4 Å². The van der Waals surface area contributed by atoms with E-state index in [2.05, 4.69) is 10.6 Å². The van der Waals surface area contributed by atoms with Crippen LogP contribution in [-0.4, -0.2) is 29.9 Å². The molecule has 28 heavy (non-hydrogen) atoms. The van der Waals surface area contributed by atoms with Gasteiger partial charge in [0.25, 0.3) is 11.8 Å². The molecule has 0 heterocycles. The average Bonchev–Trinajstić information content (AvgIpc) is 2.73. The quantitative estimate of drug-likeness (QED) is 0.635. The van der Waals surface area contributed by atoms with Crippen LogP contribution in [0.25, 0.3) is 11.1 Å². The first-order valence-electron chi connectivity index (χ1n) is 8.56. The van der Waals surface area contributed by atoms with E-state index in [1.165, 1.54) is 6.07 Å².